The van der Waals surface area contributed by atoms with E-state index in [2.05, 4.69) is 15.0 Å². The standard InChI is InChI=1S/C17H15F3N6O/c18-17(19,20)12-3-6-25(14(27)1-4-21)9-11(12)16-24-8-10-7-23-15-13(26(10)16)2-5-22-15/h2,5,7-8,11-12,22H,1,3,6,9H2/t11-,12+/m1/s1. The van der Waals surface area contributed by atoms with Gasteiger partial charge in [-0.3, -0.25) is 9.20 Å². The maximum atomic E-state index is 13.7. The maximum Gasteiger partial charge on any atom is 0.392 e. The zero-order valence-corrected chi connectivity index (χ0v) is 14.1. The molecule has 27 heavy (non-hydrogen) atoms. The summed E-state index contributed by atoms with van der Waals surface area (Å²) >= 11 is 0. The Morgan fingerprint density at radius 2 is 2.15 bits per heavy atom. The molecule has 140 valence electrons. The number of piperidine rings is 1. The topological polar surface area (TPSA) is 90.1 Å². The highest BCUT2D eigenvalue weighted by atomic mass is 19.4. The van der Waals surface area contributed by atoms with E-state index in [9.17, 15) is 18.0 Å². The molecule has 1 amide bonds. The van der Waals surface area contributed by atoms with Crippen molar-refractivity contribution in [1.82, 2.24) is 24.3 Å². The number of nitriles is 1. The SMILES string of the molecule is N#CCC(=O)N1CC[C@H](C(F)(F)F)[C@H](c2ncc3cnc4[nH]ccc4n23)C1. The first-order chi connectivity index (χ1) is 12.9. The van der Waals surface area contributed by atoms with E-state index in [-0.39, 0.29) is 31.8 Å². The largest absolute Gasteiger partial charge is 0.392 e. The van der Waals surface area contributed by atoms with Gasteiger partial charge in [0, 0.05) is 25.2 Å². The number of hydrogen-bond acceptors (Lipinski definition) is 4. The van der Waals surface area contributed by atoms with E-state index < -0.39 is 23.9 Å². The Balaban J connectivity index is 1.82. The predicted octanol–water partition coefficient (Wildman–Crippen LogP) is 2.62. The van der Waals surface area contributed by atoms with Crippen molar-refractivity contribution < 1.29 is 18.0 Å². The van der Waals surface area contributed by atoms with Crippen LogP contribution in [0, 0.1) is 17.2 Å². The zero-order valence-electron chi connectivity index (χ0n) is 14.1. The summed E-state index contributed by atoms with van der Waals surface area (Å²) in [5, 5.41) is 8.73. The quantitative estimate of drug-likeness (QED) is 0.744. The lowest BCUT2D eigenvalue weighted by atomic mass is 9.84. The lowest BCUT2D eigenvalue weighted by molar-refractivity contribution is -0.192. The molecule has 0 unspecified atom stereocenters. The van der Waals surface area contributed by atoms with Gasteiger partial charge in [-0.15, -0.1) is 0 Å². The van der Waals surface area contributed by atoms with E-state index in [0.29, 0.717) is 16.7 Å². The summed E-state index contributed by atoms with van der Waals surface area (Å²) in [6.07, 6.45) is -0.298. The van der Waals surface area contributed by atoms with Crippen LogP contribution in [-0.4, -0.2) is 49.4 Å². The number of nitrogens with zero attached hydrogens (tertiary/aromatic N) is 5. The van der Waals surface area contributed by atoms with Crippen molar-refractivity contribution in [3.05, 3.63) is 30.5 Å². The molecule has 0 bridgehead atoms. The number of hydrogen-bond donors (Lipinski definition) is 1. The molecule has 0 spiro atoms. The van der Waals surface area contributed by atoms with Crippen LogP contribution in [0.25, 0.3) is 16.7 Å². The summed E-state index contributed by atoms with van der Waals surface area (Å²) in [5.74, 6) is -2.85. The van der Waals surface area contributed by atoms with Crippen molar-refractivity contribution >= 4 is 22.6 Å². The fraction of sp³-hybridized carbons (Fsp3) is 0.412. The van der Waals surface area contributed by atoms with Crippen LogP contribution >= 0.6 is 0 Å². The molecule has 0 aliphatic carbocycles. The van der Waals surface area contributed by atoms with Crippen LogP contribution in [0.4, 0.5) is 13.2 Å². The molecular weight excluding hydrogens is 361 g/mol. The minimum atomic E-state index is -4.41. The third-order valence-corrected chi connectivity index (χ3v) is 5.03. The van der Waals surface area contributed by atoms with Crippen molar-refractivity contribution in [1.29, 1.82) is 5.26 Å². The average molecular weight is 376 g/mol. The molecule has 1 aliphatic heterocycles. The summed E-state index contributed by atoms with van der Waals surface area (Å²) in [6, 6.07) is 3.49. The first-order valence-electron chi connectivity index (χ1n) is 8.41. The number of aromatic nitrogens is 4. The van der Waals surface area contributed by atoms with Gasteiger partial charge in [-0.25, -0.2) is 9.97 Å². The summed E-state index contributed by atoms with van der Waals surface area (Å²) in [5.41, 5.74) is 1.75. The molecule has 1 fully saturated rings. The van der Waals surface area contributed by atoms with Crippen LogP contribution in [0.3, 0.4) is 0 Å². The number of carbonyl (C=O) groups is 1. The Bertz CT molecular complexity index is 1050. The molecule has 0 aromatic carbocycles. The first kappa shape index (κ1) is 17.3. The van der Waals surface area contributed by atoms with Gasteiger partial charge in [0.1, 0.15) is 12.2 Å². The minimum Gasteiger partial charge on any atom is -0.345 e. The fourth-order valence-electron chi connectivity index (χ4n) is 3.77. The van der Waals surface area contributed by atoms with Crippen molar-refractivity contribution in [3.8, 4) is 6.07 Å². The van der Waals surface area contributed by atoms with Crippen LogP contribution < -0.4 is 0 Å². The van der Waals surface area contributed by atoms with Gasteiger partial charge >= 0.3 is 6.18 Å². The van der Waals surface area contributed by atoms with Crippen molar-refractivity contribution in [2.75, 3.05) is 13.1 Å². The van der Waals surface area contributed by atoms with E-state index in [1.54, 1.807) is 28.9 Å². The van der Waals surface area contributed by atoms with E-state index in [4.69, 9.17) is 5.26 Å². The van der Waals surface area contributed by atoms with E-state index >= 15 is 0 Å². The molecule has 2 atom stereocenters. The minimum absolute atomic E-state index is 0.0222. The summed E-state index contributed by atoms with van der Waals surface area (Å²) in [6.45, 7) is -0.149. The van der Waals surface area contributed by atoms with Gasteiger partial charge in [0.05, 0.1) is 35.4 Å². The number of nitrogens with one attached hydrogen (secondary N) is 1. The molecule has 0 saturated carbocycles. The Kier molecular flexibility index (Phi) is 4.02. The van der Waals surface area contributed by atoms with Crippen LogP contribution in [0.1, 0.15) is 24.6 Å². The van der Waals surface area contributed by atoms with E-state index in [0.717, 1.165) is 0 Å². The highest BCUT2D eigenvalue weighted by Crippen LogP contribution is 2.43. The second kappa shape index (κ2) is 6.26. The van der Waals surface area contributed by atoms with E-state index in [1.807, 2.05) is 0 Å². The number of rotatable bonds is 2. The first-order valence-corrected chi connectivity index (χ1v) is 8.41. The normalized spacial score (nSPS) is 20.9. The lowest BCUT2D eigenvalue weighted by Crippen LogP contribution is -2.47. The van der Waals surface area contributed by atoms with Crippen molar-refractivity contribution in [2.45, 2.75) is 24.9 Å². The molecule has 7 nitrogen and oxygen atoms in total. The molecule has 3 aromatic rings. The predicted molar refractivity (Wildman–Crippen MR) is 88.6 cm³/mol. The van der Waals surface area contributed by atoms with Crippen molar-refractivity contribution in [2.24, 2.45) is 5.92 Å². The van der Waals surface area contributed by atoms with Crippen LogP contribution in [0.15, 0.2) is 24.7 Å². The molecule has 0 radical (unpaired) electrons. The molecule has 3 aromatic heterocycles. The summed E-state index contributed by atoms with van der Waals surface area (Å²) in [7, 11) is 0. The number of likely N-dealkylation sites (tertiary alicyclic amines) is 1. The summed E-state index contributed by atoms with van der Waals surface area (Å²) < 4.78 is 42.8. The molecule has 4 heterocycles. The zero-order chi connectivity index (χ0) is 19.2. The average Bonchev–Trinajstić information content (AvgIpc) is 3.26. The monoisotopic (exact) mass is 376 g/mol. The number of imidazole rings is 1. The number of carbonyl (C=O) groups excluding carboxylic acids is 1. The molecule has 10 heteroatoms. The van der Waals surface area contributed by atoms with Gasteiger partial charge in [0.15, 0.2) is 5.65 Å². The second-order valence-corrected chi connectivity index (χ2v) is 6.56. The number of amides is 1. The number of H-pyrrole nitrogens is 1. The summed E-state index contributed by atoms with van der Waals surface area (Å²) in [4.78, 5) is 24.8. The molecule has 4 rings (SSSR count). The Hall–Kier alpha value is -3.09. The van der Waals surface area contributed by atoms with Crippen LogP contribution in [-0.2, 0) is 4.79 Å². The number of halogens is 3. The van der Waals surface area contributed by atoms with Gasteiger partial charge in [0.2, 0.25) is 5.91 Å². The lowest BCUT2D eigenvalue weighted by Gasteiger charge is -2.38. The smallest absolute Gasteiger partial charge is 0.345 e. The Labute approximate surface area is 151 Å². The second-order valence-electron chi connectivity index (χ2n) is 6.56. The molecule has 1 N–H and O–H groups in total. The third-order valence-electron chi connectivity index (χ3n) is 5.03. The highest BCUT2D eigenvalue weighted by Gasteiger charge is 2.49. The van der Waals surface area contributed by atoms with Gasteiger partial charge in [0.25, 0.3) is 0 Å². The Morgan fingerprint density at radius 3 is 2.89 bits per heavy atom. The number of aromatic amines is 1. The highest BCUT2D eigenvalue weighted by molar-refractivity contribution is 5.78. The van der Waals surface area contributed by atoms with Gasteiger partial charge < -0.3 is 9.88 Å². The number of alkyl halides is 3. The fourth-order valence-corrected chi connectivity index (χ4v) is 3.77. The number of fused-ring (bicyclic) bond motifs is 3. The van der Waals surface area contributed by atoms with Gasteiger partial charge in [-0.1, -0.05) is 0 Å². The molecule has 1 aliphatic rings. The molecular formula is C17H15F3N6O. The van der Waals surface area contributed by atoms with Crippen LogP contribution in [0.2, 0.25) is 0 Å². The third kappa shape index (κ3) is 2.89. The van der Waals surface area contributed by atoms with Crippen LogP contribution in [0.5, 0.6) is 0 Å². The van der Waals surface area contributed by atoms with Crippen molar-refractivity contribution in [3.63, 3.8) is 0 Å². The van der Waals surface area contributed by atoms with Gasteiger partial charge in [-0.05, 0) is 12.5 Å². The van der Waals surface area contributed by atoms with Gasteiger partial charge in [-0.2, -0.15) is 18.4 Å². The Morgan fingerprint density at radius 1 is 1.37 bits per heavy atom. The maximum absolute atomic E-state index is 13.7. The molecule has 1 saturated heterocycles. The van der Waals surface area contributed by atoms with E-state index in [1.165, 1.54) is 11.1 Å².